The first-order valence-electron chi connectivity index (χ1n) is 6.44. The number of nitrogens with zero attached hydrogens (tertiary/aromatic N) is 2. The topological polar surface area (TPSA) is 85.2 Å². The average Bonchev–Trinajstić information content (AvgIpc) is 2.89. The fourth-order valence-electron chi connectivity index (χ4n) is 1.79. The van der Waals surface area contributed by atoms with E-state index in [1.807, 2.05) is 24.3 Å². The third-order valence-corrected chi connectivity index (χ3v) is 3.00. The first kappa shape index (κ1) is 13.7. The molecule has 0 amide bonds. The number of hydrogen-bond donors (Lipinski definition) is 2. The van der Waals surface area contributed by atoms with Gasteiger partial charge in [0, 0.05) is 5.56 Å². The van der Waals surface area contributed by atoms with Gasteiger partial charge in [0.15, 0.2) is 0 Å². The normalized spacial score (nSPS) is 12.9. The number of rotatable bonds is 5. The van der Waals surface area contributed by atoms with Gasteiger partial charge in [-0.25, -0.2) is 0 Å². The van der Waals surface area contributed by atoms with Gasteiger partial charge in [-0.05, 0) is 24.4 Å². The Kier molecular flexibility index (Phi) is 4.29. The van der Waals surface area contributed by atoms with Crippen molar-refractivity contribution in [3.63, 3.8) is 0 Å². The van der Waals surface area contributed by atoms with Crippen LogP contribution in [0.2, 0.25) is 0 Å². The van der Waals surface area contributed by atoms with Crippen molar-refractivity contribution in [2.24, 2.45) is 5.73 Å². The summed E-state index contributed by atoms with van der Waals surface area (Å²) in [6.07, 6.45) is -0.380. The first-order chi connectivity index (χ1) is 9.11. The molecule has 102 valence electrons. The van der Waals surface area contributed by atoms with E-state index >= 15 is 0 Å². The molecule has 1 aromatic carbocycles. The van der Waals surface area contributed by atoms with Crippen LogP contribution in [0, 0.1) is 0 Å². The van der Waals surface area contributed by atoms with Crippen molar-refractivity contribution in [1.82, 2.24) is 10.1 Å². The predicted molar refractivity (Wildman–Crippen MR) is 72.5 cm³/mol. The Balaban J connectivity index is 2.18. The number of aliphatic hydroxyl groups is 1. The Morgan fingerprint density at radius 2 is 1.95 bits per heavy atom. The molecule has 19 heavy (non-hydrogen) atoms. The zero-order valence-electron chi connectivity index (χ0n) is 11.2. The van der Waals surface area contributed by atoms with Crippen molar-refractivity contribution in [3.8, 4) is 11.4 Å². The minimum Gasteiger partial charge on any atom is -0.383 e. The maximum atomic E-state index is 9.72. The van der Waals surface area contributed by atoms with Gasteiger partial charge in [-0.1, -0.05) is 43.3 Å². The number of benzene rings is 1. The highest BCUT2D eigenvalue weighted by atomic mass is 16.5. The highest BCUT2D eigenvalue weighted by Gasteiger charge is 2.16. The number of hydrogen-bond acceptors (Lipinski definition) is 5. The summed E-state index contributed by atoms with van der Waals surface area (Å²) in [5, 5.41) is 13.6. The van der Waals surface area contributed by atoms with Crippen molar-refractivity contribution in [2.75, 3.05) is 6.54 Å². The highest BCUT2D eigenvalue weighted by molar-refractivity contribution is 5.54. The molecule has 0 fully saturated rings. The minimum absolute atomic E-state index is 0.216. The van der Waals surface area contributed by atoms with E-state index < -0.39 is 6.10 Å². The van der Waals surface area contributed by atoms with Crippen LogP contribution in [-0.4, -0.2) is 21.8 Å². The molecular formula is C14H19N3O2. The molecule has 0 spiro atoms. The lowest BCUT2D eigenvalue weighted by Crippen LogP contribution is -2.06. The lowest BCUT2D eigenvalue weighted by Gasteiger charge is -2.04. The SMILES string of the molecule is CC(C)c1ccc(-c2noc(C(O)CCN)n2)cc1. The summed E-state index contributed by atoms with van der Waals surface area (Å²) in [4.78, 5) is 4.19. The third kappa shape index (κ3) is 3.19. The van der Waals surface area contributed by atoms with E-state index in [1.54, 1.807) is 0 Å². The fourth-order valence-corrected chi connectivity index (χ4v) is 1.79. The number of nitrogens with two attached hydrogens (primary N) is 1. The molecule has 1 heterocycles. The van der Waals surface area contributed by atoms with E-state index in [0.717, 1.165) is 5.56 Å². The Bertz CT molecular complexity index is 520. The first-order valence-corrected chi connectivity index (χ1v) is 6.44. The minimum atomic E-state index is -0.791. The summed E-state index contributed by atoms with van der Waals surface area (Å²) in [6, 6.07) is 8.01. The van der Waals surface area contributed by atoms with Gasteiger partial charge < -0.3 is 15.4 Å². The maximum absolute atomic E-state index is 9.72. The zero-order valence-corrected chi connectivity index (χ0v) is 11.2. The van der Waals surface area contributed by atoms with Gasteiger partial charge in [-0.15, -0.1) is 0 Å². The van der Waals surface area contributed by atoms with E-state index in [0.29, 0.717) is 24.7 Å². The van der Waals surface area contributed by atoms with E-state index in [1.165, 1.54) is 5.56 Å². The average molecular weight is 261 g/mol. The lowest BCUT2D eigenvalue weighted by atomic mass is 10.0. The quantitative estimate of drug-likeness (QED) is 0.862. The van der Waals surface area contributed by atoms with Crippen molar-refractivity contribution >= 4 is 0 Å². The van der Waals surface area contributed by atoms with Gasteiger partial charge in [-0.2, -0.15) is 4.98 Å². The molecule has 1 unspecified atom stereocenters. The van der Waals surface area contributed by atoms with Crippen LogP contribution in [0.3, 0.4) is 0 Å². The molecule has 3 N–H and O–H groups in total. The Morgan fingerprint density at radius 3 is 2.53 bits per heavy atom. The molecule has 0 saturated carbocycles. The molecule has 0 aliphatic rings. The van der Waals surface area contributed by atoms with Crippen molar-refractivity contribution in [1.29, 1.82) is 0 Å². The van der Waals surface area contributed by atoms with Crippen molar-refractivity contribution in [2.45, 2.75) is 32.3 Å². The van der Waals surface area contributed by atoms with Gasteiger partial charge in [0.1, 0.15) is 6.10 Å². The monoisotopic (exact) mass is 261 g/mol. The largest absolute Gasteiger partial charge is 0.383 e. The van der Waals surface area contributed by atoms with Gasteiger partial charge in [-0.3, -0.25) is 0 Å². The van der Waals surface area contributed by atoms with Crippen LogP contribution in [0.25, 0.3) is 11.4 Å². The Labute approximate surface area is 112 Å². The summed E-state index contributed by atoms with van der Waals surface area (Å²) < 4.78 is 5.04. The zero-order chi connectivity index (χ0) is 13.8. The van der Waals surface area contributed by atoms with Gasteiger partial charge in [0.25, 0.3) is 5.89 Å². The van der Waals surface area contributed by atoms with E-state index in [4.69, 9.17) is 10.3 Å². The molecule has 0 saturated heterocycles. The summed E-state index contributed by atoms with van der Waals surface area (Å²) >= 11 is 0. The molecule has 0 radical (unpaired) electrons. The second-order valence-electron chi connectivity index (χ2n) is 4.83. The molecule has 2 rings (SSSR count). The van der Waals surface area contributed by atoms with Crippen molar-refractivity contribution < 1.29 is 9.63 Å². The van der Waals surface area contributed by atoms with Gasteiger partial charge in [0.05, 0.1) is 0 Å². The summed E-state index contributed by atoms with van der Waals surface area (Å²) in [5.74, 6) is 1.19. The lowest BCUT2D eigenvalue weighted by molar-refractivity contribution is 0.127. The predicted octanol–water partition coefficient (Wildman–Crippen LogP) is 2.24. The fraction of sp³-hybridized carbons (Fsp3) is 0.429. The highest BCUT2D eigenvalue weighted by Crippen LogP contribution is 2.22. The van der Waals surface area contributed by atoms with E-state index in [2.05, 4.69) is 24.0 Å². The second-order valence-corrected chi connectivity index (χ2v) is 4.83. The molecule has 5 heteroatoms. The molecule has 0 aliphatic carbocycles. The van der Waals surface area contributed by atoms with Crippen LogP contribution < -0.4 is 5.73 Å². The molecule has 0 bridgehead atoms. The van der Waals surface area contributed by atoms with Crippen molar-refractivity contribution in [3.05, 3.63) is 35.7 Å². The van der Waals surface area contributed by atoms with Crippen LogP contribution in [0.15, 0.2) is 28.8 Å². The second kappa shape index (κ2) is 5.95. The molecular weight excluding hydrogens is 242 g/mol. The van der Waals surface area contributed by atoms with E-state index in [9.17, 15) is 5.11 Å². The van der Waals surface area contributed by atoms with Crippen LogP contribution in [0.1, 0.15) is 43.7 Å². The van der Waals surface area contributed by atoms with Crippen LogP contribution in [0.5, 0.6) is 0 Å². The summed E-state index contributed by atoms with van der Waals surface area (Å²) in [7, 11) is 0. The van der Waals surface area contributed by atoms with Crippen LogP contribution >= 0.6 is 0 Å². The Morgan fingerprint density at radius 1 is 1.26 bits per heavy atom. The maximum Gasteiger partial charge on any atom is 0.255 e. The van der Waals surface area contributed by atoms with Crippen LogP contribution in [0.4, 0.5) is 0 Å². The van der Waals surface area contributed by atoms with Gasteiger partial charge >= 0.3 is 0 Å². The number of aromatic nitrogens is 2. The van der Waals surface area contributed by atoms with Gasteiger partial charge in [0.2, 0.25) is 5.82 Å². The third-order valence-electron chi connectivity index (χ3n) is 3.00. The number of aliphatic hydroxyl groups excluding tert-OH is 1. The standard InChI is InChI=1S/C14H19N3O2/c1-9(2)10-3-5-11(6-4-10)13-16-14(19-17-13)12(18)7-8-15/h3-6,9,12,18H,7-8,15H2,1-2H3. The Hall–Kier alpha value is -1.72. The summed E-state index contributed by atoms with van der Waals surface area (Å²) in [5.41, 5.74) is 7.51. The summed E-state index contributed by atoms with van der Waals surface area (Å²) in [6.45, 7) is 4.66. The molecule has 5 nitrogen and oxygen atoms in total. The molecule has 2 aromatic rings. The van der Waals surface area contributed by atoms with E-state index in [-0.39, 0.29) is 5.89 Å². The smallest absolute Gasteiger partial charge is 0.255 e. The molecule has 0 aliphatic heterocycles. The molecule has 1 aromatic heterocycles. The van der Waals surface area contributed by atoms with Crippen LogP contribution in [-0.2, 0) is 0 Å². The molecule has 1 atom stereocenters.